The van der Waals surface area contributed by atoms with Gasteiger partial charge in [-0.25, -0.2) is 0 Å². The van der Waals surface area contributed by atoms with Gasteiger partial charge in [-0.1, -0.05) is 72.6 Å². The maximum atomic E-state index is 12.9. The molecule has 138 valence electrons. The molecule has 3 atom stereocenters. The van der Waals surface area contributed by atoms with E-state index in [0.717, 1.165) is 16.5 Å². The molecule has 5 heteroatoms. The number of nitrogens with one attached hydrogen (secondary N) is 2. The molecule has 0 spiro atoms. The van der Waals surface area contributed by atoms with Gasteiger partial charge in [-0.3, -0.25) is 9.59 Å². The summed E-state index contributed by atoms with van der Waals surface area (Å²) in [6, 6.07) is 16.0. The summed E-state index contributed by atoms with van der Waals surface area (Å²) in [5.74, 6) is -0.388. The lowest BCUT2D eigenvalue weighted by atomic mass is 9.97. The van der Waals surface area contributed by atoms with Gasteiger partial charge in [-0.15, -0.1) is 0 Å². The van der Waals surface area contributed by atoms with Gasteiger partial charge in [-0.05, 0) is 36.6 Å². The van der Waals surface area contributed by atoms with Crippen molar-refractivity contribution in [1.82, 2.24) is 10.6 Å². The van der Waals surface area contributed by atoms with Gasteiger partial charge in [0.15, 0.2) is 0 Å². The summed E-state index contributed by atoms with van der Waals surface area (Å²) < 4.78 is 0.946. The second-order valence-electron chi connectivity index (χ2n) is 6.45. The van der Waals surface area contributed by atoms with Gasteiger partial charge in [0.25, 0.3) is 5.91 Å². The lowest BCUT2D eigenvalue weighted by Crippen LogP contribution is -2.50. The summed E-state index contributed by atoms with van der Waals surface area (Å²) in [5.41, 5.74) is 1.55. The second-order valence-corrected chi connectivity index (χ2v) is 7.31. The smallest absolute Gasteiger partial charge is 0.251 e. The van der Waals surface area contributed by atoms with E-state index in [-0.39, 0.29) is 23.8 Å². The first-order chi connectivity index (χ1) is 12.4. The summed E-state index contributed by atoms with van der Waals surface area (Å²) in [5, 5.41) is 5.92. The van der Waals surface area contributed by atoms with Crippen LogP contribution in [0.2, 0.25) is 0 Å². The molecule has 2 rings (SSSR count). The van der Waals surface area contributed by atoms with Crippen LogP contribution < -0.4 is 10.6 Å². The van der Waals surface area contributed by atoms with E-state index in [1.165, 1.54) is 0 Å². The summed E-state index contributed by atoms with van der Waals surface area (Å²) >= 11 is 3.52. The molecule has 0 radical (unpaired) electrons. The Morgan fingerprint density at radius 2 is 1.58 bits per heavy atom. The number of hydrogen-bond acceptors (Lipinski definition) is 2. The molecule has 26 heavy (non-hydrogen) atoms. The highest BCUT2D eigenvalue weighted by molar-refractivity contribution is 9.10. The number of carbonyl (C=O) groups excluding carboxylic acids is 2. The fraction of sp³-hybridized carbons (Fsp3) is 0.333. The summed E-state index contributed by atoms with van der Waals surface area (Å²) in [6.07, 6.45) is 0.788. The average Bonchev–Trinajstić information content (AvgIpc) is 2.66. The van der Waals surface area contributed by atoms with Crippen LogP contribution in [0.5, 0.6) is 0 Å². The standard InChI is InChI=1S/C21H25BrN2O2/c1-4-14(2)19(24-20(25)16-10-6-5-7-11-16)21(26)23-15(3)17-12-8-9-13-18(17)22/h5-15,19H,4H2,1-3H3,(H,23,26)(H,24,25). The van der Waals surface area contributed by atoms with Crippen LogP contribution in [0.3, 0.4) is 0 Å². The Kier molecular flexibility index (Phi) is 7.39. The van der Waals surface area contributed by atoms with Gasteiger partial charge in [0.05, 0.1) is 6.04 Å². The van der Waals surface area contributed by atoms with Crippen molar-refractivity contribution in [1.29, 1.82) is 0 Å². The van der Waals surface area contributed by atoms with Crippen LogP contribution in [0, 0.1) is 5.92 Å². The van der Waals surface area contributed by atoms with Crippen molar-refractivity contribution in [3.63, 3.8) is 0 Å². The van der Waals surface area contributed by atoms with E-state index in [1.807, 2.05) is 63.2 Å². The number of hydrogen-bond donors (Lipinski definition) is 2. The largest absolute Gasteiger partial charge is 0.348 e. The third-order valence-electron chi connectivity index (χ3n) is 4.55. The summed E-state index contributed by atoms with van der Waals surface area (Å²) in [4.78, 5) is 25.4. The fourth-order valence-electron chi connectivity index (χ4n) is 2.72. The highest BCUT2D eigenvalue weighted by atomic mass is 79.9. The van der Waals surface area contributed by atoms with Crippen LogP contribution >= 0.6 is 15.9 Å². The predicted molar refractivity (Wildman–Crippen MR) is 108 cm³/mol. The molecule has 0 aromatic heterocycles. The van der Waals surface area contributed by atoms with Gasteiger partial charge in [-0.2, -0.15) is 0 Å². The minimum absolute atomic E-state index is 0.0223. The Balaban J connectivity index is 2.12. The molecule has 0 aliphatic heterocycles. The normalized spacial score (nSPS) is 14.2. The molecular weight excluding hydrogens is 392 g/mol. The maximum Gasteiger partial charge on any atom is 0.251 e. The zero-order valence-corrected chi connectivity index (χ0v) is 16.9. The molecule has 2 amide bonds. The second kappa shape index (κ2) is 9.53. The van der Waals surface area contributed by atoms with Crippen LogP contribution in [0.25, 0.3) is 0 Å². The molecule has 0 aliphatic carbocycles. The molecule has 2 aromatic rings. The first kappa shape index (κ1) is 20.2. The van der Waals surface area contributed by atoms with Gasteiger partial charge in [0.1, 0.15) is 6.04 Å². The molecule has 3 unspecified atom stereocenters. The zero-order valence-electron chi connectivity index (χ0n) is 15.3. The van der Waals surface area contributed by atoms with Crippen molar-refractivity contribution >= 4 is 27.7 Å². The number of rotatable bonds is 7. The lowest BCUT2D eigenvalue weighted by Gasteiger charge is -2.26. The SMILES string of the molecule is CCC(C)C(NC(=O)c1ccccc1)C(=O)NC(C)c1ccccc1Br. The van der Waals surface area contributed by atoms with Crippen molar-refractivity contribution in [2.45, 2.75) is 39.3 Å². The molecule has 0 saturated carbocycles. The number of carbonyl (C=O) groups is 2. The van der Waals surface area contributed by atoms with E-state index in [4.69, 9.17) is 0 Å². The highest BCUT2D eigenvalue weighted by Crippen LogP contribution is 2.23. The third-order valence-corrected chi connectivity index (χ3v) is 5.27. The topological polar surface area (TPSA) is 58.2 Å². The Bertz CT molecular complexity index is 749. The van der Waals surface area contributed by atoms with Crippen LogP contribution in [0.1, 0.15) is 49.2 Å². The van der Waals surface area contributed by atoms with Crippen LogP contribution in [0.15, 0.2) is 59.1 Å². The van der Waals surface area contributed by atoms with Crippen molar-refractivity contribution in [3.8, 4) is 0 Å². The summed E-state index contributed by atoms with van der Waals surface area (Å²) in [6.45, 7) is 5.92. The van der Waals surface area contributed by atoms with E-state index in [9.17, 15) is 9.59 Å². The van der Waals surface area contributed by atoms with Crippen molar-refractivity contribution in [2.24, 2.45) is 5.92 Å². The molecule has 0 bridgehead atoms. The monoisotopic (exact) mass is 416 g/mol. The molecule has 0 fully saturated rings. The maximum absolute atomic E-state index is 12.9. The molecular formula is C21H25BrN2O2. The average molecular weight is 417 g/mol. The van der Waals surface area contributed by atoms with E-state index >= 15 is 0 Å². The van der Waals surface area contributed by atoms with E-state index in [1.54, 1.807) is 12.1 Å². The molecule has 0 saturated heterocycles. The number of benzene rings is 2. The minimum atomic E-state index is -0.586. The zero-order chi connectivity index (χ0) is 19.1. The Hall–Kier alpha value is -2.14. The number of amides is 2. The van der Waals surface area contributed by atoms with Crippen LogP contribution in [-0.2, 0) is 4.79 Å². The minimum Gasteiger partial charge on any atom is -0.348 e. The van der Waals surface area contributed by atoms with Gasteiger partial charge < -0.3 is 10.6 Å². The van der Waals surface area contributed by atoms with Gasteiger partial charge in [0.2, 0.25) is 5.91 Å². The fourth-order valence-corrected chi connectivity index (χ4v) is 3.35. The van der Waals surface area contributed by atoms with Crippen molar-refractivity contribution in [2.75, 3.05) is 0 Å². The van der Waals surface area contributed by atoms with Crippen LogP contribution in [-0.4, -0.2) is 17.9 Å². The molecule has 2 N–H and O–H groups in total. The first-order valence-electron chi connectivity index (χ1n) is 8.84. The first-order valence-corrected chi connectivity index (χ1v) is 9.64. The van der Waals surface area contributed by atoms with E-state index < -0.39 is 6.04 Å². The quantitative estimate of drug-likeness (QED) is 0.699. The van der Waals surface area contributed by atoms with E-state index in [0.29, 0.717) is 5.56 Å². The molecule has 4 nitrogen and oxygen atoms in total. The number of halogens is 1. The third kappa shape index (κ3) is 5.18. The van der Waals surface area contributed by atoms with Crippen LogP contribution in [0.4, 0.5) is 0 Å². The summed E-state index contributed by atoms with van der Waals surface area (Å²) in [7, 11) is 0. The van der Waals surface area contributed by atoms with Gasteiger partial charge >= 0.3 is 0 Å². The Morgan fingerprint density at radius 3 is 2.19 bits per heavy atom. The van der Waals surface area contributed by atoms with Crippen molar-refractivity contribution < 1.29 is 9.59 Å². The van der Waals surface area contributed by atoms with Gasteiger partial charge in [0, 0.05) is 10.0 Å². The Morgan fingerprint density at radius 1 is 0.962 bits per heavy atom. The molecule has 0 heterocycles. The lowest BCUT2D eigenvalue weighted by molar-refractivity contribution is -0.124. The van der Waals surface area contributed by atoms with Crippen molar-refractivity contribution in [3.05, 3.63) is 70.2 Å². The molecule has 2 aromatic carbocycles. The Labute approximate surface area is 163 Å². The van der Waals surface area contributed by atoms with E-state index in [2.05, 4.69) is 26.6 Å². The highest BCUT2D eigenvalue weighted by Gasteiger charge is 2.27. The molecule has 0 aliphatic rings. The predicted octanol–water partition coefficient (Wildman–Crippen LogP) is 4.47.